The van der Waals surface area contributed by atoms with Crippen LogP contribution in [0.25, 0.3) is 0 Å². The van der Waals surface area contributed by atoms with Crippen molar-refractivity contribution in [1.82, 2.24) is 15.7 Å². The second kappa shape index (κ2) is 16.4. The molecule has 2 atom stereocenters. The van der Waals surface area contributed by atoms with Crippen LogP contribution >= 0.6 is 0 Å². The number of carbonyl (C=O) groups is 4. The third-order valence-electron chi connectivity index (χ3n) is 5.27. The molecule has 3 amide bonds. The Morgan fingerprint density at radius 2 is 1.09 bits per heavy atom. The molecule has 11 nitrogen and oxygen atoms in total. The largest absolute Gasteiger partial charge is 0.480 e. The van der Waals surface area contributed by atoms with Crippen LogP contribution in [0.5, 0.6) is 0 Å². The van der Waals surface area contributed by atoms with Crippen LogP contribution in [0.2, 0.25) is 0 Å². The number of aliphatic carboxylic acids is 1. The Bertz CT molecular complexity index is 1210. The molecule has 238 valence electrons. The summed E-state index contributed by atoms with van der Waals surface area (Å²) in [6, 6.07) is 9.11. The standard InChI is InChI=1S/C16H23FN2O4.C14H18FNO4/c1-16(2,3)23-15(21)18-13(14(20)19(4)22-5)10-11-6-8-12(17)9-7-11;1-14(2,3)20-13(19)16-11(12(17)18)8-9-4-6-10(15)7-5-9/h6-9,13H,10H2,1-5H3,(H,18,21);4-7,11H,8H2,1-3H3,(H,16,19)(H,17,18)/t13-;11-/m00/s1. The van der Waals surface area contributed by atoms with Gasteiger partial charge in [0.2, 0.25) is 0 Å². The van der Waals surface area contributed by atoms with Gasteiger partial charge in [-0.1, -0.05) is 24.3 Å². The molecule has 0 radical (unpaired) electrons. The Hall–Kier alpha value is -4.26. The first kappa shape index (κ1) is 36.8. The monoisotopic (exact) mass is 609 g/mol. The Labute approximate surface area is 250 Å². The number of benzene rings is 2. The van der Waals surface area contributed by atoms with Crippen LogP contribution in [-0.2, 0) is 36.7 Å². The van der Waals surface area contributed by atoms with Gasteiger partial charge in [0.15, 0.2) is 0 Å². The first-order valence-corrected chi connectivity index (χ1v) is 13.3. The summed E-state index contributed by atoms with van der Waals surface area (Å²) in [5.41, 5.74) is -0.0795. The van der Waals surface area contributed by atoms with Gasteiger partial charge >= 0.3 is 18.2 Å². The molecule has 2 aromatic rings. The molecule has 0 saturated carbocycles. The van der Waals surface area contributed by atoms with E-state index in [1.807, 2.05) is 0 Å². The Kier molecular flexibility index (Phi) is 14.0. The number of nitrogens with zero attached hydrogens (tertiary/aromatic N) is 1. The number of halogens is 2. The van der Waals surface area contributed by atoms with Gasteiger partial charge in [-0.25, -0.2) is 28.2 Å². The molecule has 0 aliphatic carbocycles. The highest BCUT2D eigenvalue weighted by Crippen LogP contribution is 2.12. The van der Waals surface area contributed by atoms with Gasteiger partial charge in [-0.3, -0.25) is 9.63 Å². The smallest absolute Gasteiger partial charge is 0.408 e. The molecule has 0 aliphatic rings. The maximum absolute atomic E-state index is 13.0. The van der Waals surface area contributed by atoms with Crippen LogP contribution in [0.1, 0.15) is 52.7 Å². The molecule has 0 saturated heterocycles. The molecule has 0 unspecified atom stereocenters. The lowest BCUT2D eigenvalue weighted by atomic mass is 10.1. The number of carboxylic acid groups (broad SMARTS) is 1. The van der Waals surface area contributed by atoms with Gasteiger partial charge in [0, 0.05) is 19.9 Å². The average Bonchev–Trinajstić information content (AvgIpc) is 2.87. The number of hydrogen-bond donors (Lipinski definition) is 3. The van der Waals surface area contributed by atoms with Gasteiger partial charge < -0.3 is 25.2 Å². The van der Waals surface area contributed by atoms with E-state index < -0.39 is 53.2 Å². The number of hydroxylamine groups is 2. The quantitative estimate of drug-likeness (QED) is 0.350. The third kappa shape index (κ3) is 15.5. The summed E-state index contributed by atoms with van der Waals surface area (Å²) in [6.07, 6.45) is -1.27. The average molecular weight is 610 g/mol. The zero-order valence-corrected chi connectivity index (χ0v) is 25.7. The number of likely N-dealkylation sites (N-methyl/N-ethyl adjacent to an activating group) is 1. The van der Waals surface area contributed by atoms with Crippen molar-refractivity contribution in [2.75, 3.05) is 14.2 Å². The van der Waals surface area contributed by atoms with Gasteiger partial charge in [-0.2, -0.15) is 0 Å². The molecule has 13 heteroatoms. The van der Waals surface area contributed by atoms with Crippen LogP contribution in [-0.4, -0.2) is 71.7 Å². The Morgan fingerprint density at radius 3 is 1.42 bits per heavy atom. The molecule has 2 aromatic carbocycles. The summed E-state index contributed by atoms with van der Waals surface area (Å²) in [7, 11) is 2.79. The first-order chi connectivity index (χ1) is 19.8. The van der Waals surface area contributed by atoms with E-state index in [2.05, 4.69) is 10.6 Å². The van der Waals surface area contributed by atoms with Crippen molar-refractivity contribution >= 4 is 24.1 Å². The molecule has 3 N–H and O–H groups in total. The van der Waals surface area contributed by atoms with Crippen LogP contribution < -0.4 is 10.6 Å². The van der Waals surface area contributed by atoms with Crippen molar-refractivity contribution in [1.29, 1.82) is 0 Å². The SMILES string of the molecule is CC(C)(C)OC(=O)N[C@@H](Cc1ccc(F)cc1)C(=O)O.CON(C)C(=O)[C@H](Cc1ccc(F)cc1)NC(=O)OC(C)(C)C. The number of nitrogens with one attached hydrogen (secondary N) is 2. The molecular weight excluding hydrogens is 568 g/mol. The fourth-order valence-electron chi connectivity index (χ4n) is 3.32. The molecule has 0 heterocycles. The summed E-state index contributed by atoms with van der Waals surface area (Å²) in [6.45, 7) is 10.2. The topological polar surface area (TPSA) is 143 Å². The van der Waals surface area contributed by atoms with Gasteiger partial charge in [0.25, 0.3) is 5.91 Å². The number of rotatable bonds is 9. The number of amides is 3. The lowest BCUT2D eigenvalue weighted by molar-refractivity contribution is -0.171. The minimum absolute atomic E-state index is 0.0505. The van der Waals surface area contributed by atoms with Crippen molar-refractivity contribution in [3.8, 4) is 0 Å². The minimum atomic E-state index is -1.18. The Morgan fingerprint density at radius 1 is 0.744 bits per heavy atom. The zero-order valence-electron chi connectivity index (χ0n) is 25.7. The van der Waals surface area contributed by atoms with Crippen molar-refractivity contribution in [2.24, 2.45) is 0 Å². The van der Waals surface area contributed by atoms with Crippen LogP contribution in [0, 0.1) is 11.6 Å². The fourth-order valence-corrected chi connectivity index (χ4v) is 3.32. The molecule has 43 heavy (non-hydrogen) atoms. The van der Waals surface area contributed by atoms with E-state index in [9.17, 15) is 28.0 Å². The van der Waals surface area contributed by atoms with Crippen molar-refractivity contribution in [2.45, 2.75) is 77.7 Å². The highest BCUT2D eigenvalue weighted by molar-refractivity contribution is 5.85. The molecule has 0 aromatic heterocycles. The van der Waals surface area contributed by atoms with E-state index in [-0.39, 0.29) is 18.7 Å². The van der Waals surface area contributed by atoms with Crippen molar-refractivity contribution in [3.63, 3.8) is 0 Å². The van der Waals surface area contributed by atoms with Gasteiger partial charge in [0.05, 0.1) is 7.11 Å². The van der Waals surface area contributed by atoms with E-state index >= 15 is 0 Å². The molecular formula is C30H41F2N3O8. The summed E-state index contributed by atoms with van der Waals surface area (Å²) in [5, 5.41) is 14.9. The van der Waals surface area contributed by atoms with Gasteiger partial charge in [-0.05, 0) is 76.9 Å². The van der Waals surface area contributed by atoms with E-state index in [4.69, 9.17) is 19.4 Å². The maximum atomic E-state index is 13.0. The van der Waals surface area contributed by atoms with Crippen LogP contribution in [0.4, 0.5) is 18.4 Å². The number of alkyl carbamates (subject to hydrolysis) is 2. The number of carbonyl (C=O) groups excluding carboxylic acids is 3. The highest BCUT2D eigenvalue weighted by Gasteiger charge is 2.27. The third-order valence-corrected chi connectivity index (χ3v) is 5.27. The summed E-state index contributed by atoms with van der Waals surface area (Å²) in [4.78, 5) is 51.8. The fraction of sp³-hybridized carbons (Fsp3) is 0.467. The second-order valence-corrected chi connectivity index (χ2v) is 11.4. The highest BCUT2D eigenvalue weighted by atomic mass is 19.1. The Balaban J connectivity index is 0.000000434. The van der Waals surface area contributed by atoms with Gasteiger partial charge in [0.1, 0.15) is 34.9 Å². The van der Waals surface area contributed by atoms with Crippen molar-refractivity contribution in [3.05, 3.63) is 71.3 Å². The van der Waals surface area contributed by atoms with E-state index in [0.29, 0.717) is 11.1 Å². The summed E-state index contributed by atoms with van der Waals surface area (Å²) < 4.78 is 35.9. The number of carboxylic acids is 1. The summed E-state index contributed by atoms with van der Waals surface area (Å²) >= 11 is 0. The molecule has 0 spiro atoms. The summed E-state index contributed by atoms with van der Waals surface area (Å²) in [5.74, 6) is -2.39. The lowest BCUT2D eigenvalue weighted by Gasteiger charge is -2.25. The van der Waals surface area contributed by atoms with Gasteiger partial charge in [-0.15, -0.1) is 0 Å². The molecule has 0 bridgehead atoms. The van der Waals surface area contributed by atoms with Crippen LogP contribution in [0.3, 0.4) is 0 Å². The number of hydrogen-bond acceptors (Lipinski definition) is 7. The normalized spacial score (nSPS) is 12.5. The first-order valence-electron chi connectivity index (χ1n) is 13.3. The predicted octanol–water partition coefficient (Wildman–Crippen LogP) is 4.63. The lowest BCUT2D eigenvalue weighted by Crippen LogP contribution is -2.49. The second-order valence-electron chi connectivity index (χ2n) is 11.4. The van der Waals surface area contributed by atoms with Crippen molar-refractivity contribution < 1.29 is 47.4 Å². The van der Waals surface area contributed by atoms with E-state index in [0.717, 1.165) is 5.06 Å². The number of ether oxygens (including phenoxy) is 2. The molecule has 2 rings (SSSR count). The van der Waals surface area contributed by atoms with Crippen LogP contribution in [0.15, 0.2) is 48.5 Å². The minimum Gasteiger partial charge on any atom is -0.480 e. The van der Waals surface area contributed by atoms with E-state index in [1.165, 1.54) is 50.6 Å². The molecule has 0 fully saturated rings. The van der Waals surface area contributed by atoms with E-state index in [1.54, 1.807) is 53.7 Å². The zero-order chi connectivity index (χ0) is 33.0. The maximum Gasteiger partial charge on any atom is 0.408 e. The predicted molar refractivity (Wildman–Crippen MR) is 154 cm³/mol. The molecule has 0 aliphatic heterocycles.